The van der Waals surface area contributed by atoms with Gasteiger partial charge >= 0.3 is 5.97 Å². The number of benzene rings is 1. The van der Waals surface area contributed by atoms with E-state index in [1.54, 1.807) is 0 Å². The summed E-state index contributed by atoms with van der Waals surface area (Å²) in [7, 11) is 0. The van der Waals surface area contributed by atoms with Crippen LogP contribution in [0.4, 0.5) is 5.69 Å². The molecule has 0 aliphatic rings. The Kier molecular flexibility index (Phi) is 6.23. The van der Waals surface area contributed by atoms with E-state index in [4.69, 9.17) is 10.4 Å². The first kappa shape index (κ1) is 14.5. The summed E-state index contributed by atoms with van der Waals surface area (Å²) in [4.78, 5) is 10.3. The summed E-state index contributed by atoms with van der Waals surface area (Å²) >= 11 is 3.33. The van der Waals surface area contributed by atoms with Crippen LogP contribution >= 0.6 is 15.9 Å². The standard InChI is InChI=1S/C13H15BrN2O2/c14-11-5-4-6-12(10(11)9-15)16-8-3-1-2-7-13(17)18/h4-6,16H,1-3,7-8H2,(H,17,18). The Labute approximate surface area is 115 Å². The number of unbranched alkanes of at least 4 members (excludes halogenated alkanes) is 2. The zero-order valence-electron chi connectivity index (χ0n) is 9.95. The van der Waals surface area contributed by atoms with E-state index in [0.29, 0.717) is 12.0 Å². The Morgan fingerprint density at radius 3 is 2.83 bits per heavy atom. The molecule has 0 bridgehead atoms. The van der Waals surface area contributed by atoms with Crippen LogP contribution in [-0.2, 0) is 4.79 Å². The van der Waals surface area contributed by atoms with E-state index >= 15 is 0 Å². The monoisotopic (exact) mass is 310 g/mol. The van der Waals surface area contributed by atoms with Crippen LogP contribution in [0.15, 0.2) is 22.7 Å². The van der Waals surface area contributed by atoms with E-state index in [-0.39, 0.29) is 6.42 Å². The van der Waals surface area contributed by atoms with Gasteiger partial charge in [0, 0.05) is 17.4 Å². The van der Waals surface area contributed by atoms with Crippen LogP contribution in [0.5, 0.6) is 0 Å². The molecule has 0 amide bonds. The highest BCUT2D eigenvalue weighted by molar-refractivity contribution is 9.10. The molecule has 0 heterocycles. The average molecular weight is 311 g/mol. The van der Waals surface area contributed by atoms with Crippen LogP contribution in [0.3, 0.4) is 0 Å². The molecule has 4 nitrogen and oxygen atoms in total. The fourth-order valence-electron chi connectivity index (χ4n) is 1.59. The molecule has 0 radical (unpaired) electrons. The molecule has 0 saturated heterocycles. The molecule has 2 N–H and O–H groups in total. The number of nitriles is 1. The molecule has 1 aromatic rings. The number of aliphatic carboxylic acids is 1. The lowest BCUT2D eigenvalue weighted by molar-refractivity contribution is -0.137. The maximum atomic E-state index is 10.3. The number of carboxylic acid groups (broad SMARTS) is 1. The zero-order chi connectivity index (χ0) is 13.4. The van der Waals surface area contributed by atoms with Crippen LogP contribution in [0.2, 0.25) is 0 Å². The van der Waals surface area contributed by atoms with Crippen LogP contribution in [0.1, 0.15) is 31.2 Å². The van der Waals surface area contributed by atoms with Crippen molar-refractivity contribution in [3.8, 4) is 6.07 Å². The van der Waals surface area contributed by atoms with Crippen molar-refractivity contribution in [3.05, 3.63) is 28.2 Å². The number of nitrogens with zero attached hydrogens (tertiary/aromatic N) is 1. The topological polar surface area (TPSA) is 73.1 Å². The van der Waals surface area contributed by atoms with Gasteiger partial charge in [0.25, 0.3) is 0 Å². The number of hydrogen-bond donors (Lipinski definition) is 2. The predicted octanol–water partition coefficient (Wildman–Crippen LogP) is 3.38. The van der Waals surface area contributed by atoms with Crippen molar-refractivity contribution in [3.63, 3.8) is 0 Å². The second-order valence-corrected chi connectivity index (χ2v) is 4.76. The van der Waals surface area contributed by atoms with Crippen molar-refractivity contribution in [2.24, 2.45) is 0 Å². The summed E-state index contributed by atoms with van der Waals surface area (Å²) < 4.78 is 0.779. The minimum absolute atomic E-state index is 0.223. The molecule has 0 spiro atoms. The number of carbonyl (C=O) groups is 1. The van der Waals surface area contributed by atoms with E-state index in [1.807, 2.05) is 18.2 Å². The van der Waals surface area contributed by atoms with Crippen molar-refractivity contribution >= 4 is 27.6 Å². The highest BCUT2D eigenvalue weighted by atomic mass is 79.9. The Bertz CT molecular complexity index is 455. The van der Waals surface area contributed by atoms with E-state index in [1.165, 1.54) is 0 Å². The van der Waals surface area contributed by atoms with Gasteiger partial charge < -0.3 is 10.4 Å². The fourth-order valence-corrected chi connectivity index (χ4v) is 2.04. The second-order valence-electron chi connectivity index (χ2n) is 3.91. The normalized spacial score (nSPS) is 9.78. The minimum atomic E-state index is -0.748. The molecule has 0 atom stereocenters. The molecular weight excluding hydrogens is 296 g/mol. The molecular formula is C13H15BrN2O2. The molecule has 5 heteroatoms. The Balaban J connectivity index is 2.34. The van der Waals surface area contributed by atoms with Gasteiger partial charge in [-0.2, -0.15) is 5.26 Å². The summed E-state index contributed by atoms with van der Waals surface area (Å²) in [6.45, 7) is 0.741. The Morgan fingerprint density at radius 2 is 2.17 bits per heavy atom. The summed E-state index contributed by atoms with van der Waals surface area (Å²) in [6.07, 6.45) is 2.68. The van der Waals surface area contributed by atoms with Crippen molar-refractivity contribution in [2.75, 3.05) is 11.9 Å². The largest absolute Gasteiger partial charge is 0.481 e. The SMILES string of the molecule is N#Cc1c(Br)cccc1NCCCCCC(=O)O. The molecule has 0 aliphatic heterocycles. The number of carboxylic acids is 1. The number of nitrogens with one attached hydrogen (secondary N) is 1. The van der Waals surface area contributed by atoms with Crippen molar-refractivity contribution < 1.29 is 9.90 Å². The fraction of sp³-hybridized carbons (Fsp3) is 0.385. The van der Waals surface area contributed by atoms with Crippen molar-refractivity contribution in [2.45, 2.75) is 25.7 Å². The van der Waals surface area contributed by atoms with E-state index in [0.717, 1.165) is 29.5 Å². The van der Waals surface area contributed by atoms with Gasteiger partial charge in [-0.05, 0) is 40.9 Å². The summed E-state index contributed by atoms with van der Waals surface area (Å²) in [6, 6.07) is 7.71. The van der Waals surface area contributed by atoms with E-state index in [9.17, 15) is 4.79 Å². The van der Waals surface area contributed by atoms with Crippen molar-refractivity contribution in [1.29, 1.82) is 5.26 Å². The molecule has 0 fully saturated rings. The lowest BCUT2D eigenvalue weighted by Gasteiger charge is -2.08. The number of halogens is 1. The van der Waals surface area contributed by atoms with Gasteiger partial charge in [0.1, 0.15) is 6.07 Å². The molecule has 0 aliphatic carbocycles. The highest BCUT2D eigenvalue weighted by Gasteiger charge is 2.04. The summed E-state index contributed by atoms with van der Waals surface area (Å²) in [5.41, 5.74) is 1.41. The average Bonchev–Trinajstić information content (AvgIpc) is 2.33. The predicted molar refractivity (Wildman–Crippen MR) is 73.5 cm³/mol. The van der Waals surface area contributed by atoms with Gasteiger partial charge in [0.2, 0.25) is 0 Å². The zero-order valence-corrected chi connectivity index (χ0v) is 11.5. The summed E-state index contributed by atoms with van der Waals surface area (Å²) in [5, 5.41) is 20.7. The highest BCUT2D eigenvalue weighted by Crippen LogP contribution is 2.23. The lowest BCUT2D eigenvalue weighted by atomic mass is 10.1. The van der Waals surface area contributed by atoms with E-state index < -0.39 is 5.97 Å². The molecule has 0 unspecified atom stereocenters. The van der Waals surface area contributed by atoms with Crippen LogP contribution in [-0.4, -0.2) is 17.6 Å². The maximum Gasteiger partial charge on any atom is 0.303 e. The number of rotatable bonds is 7. The van der Waals surface area contributed by atoms with Gasteiger partial charge in [0.05, 0.1) is 11.3 Å². The molecule has 18 heavy (non-hydrogen) atoms. The second kappa shape index (κ2) is 7.72. The van der Waals surface area contributed by atoms with Crippen molar-refractivity contribution in [1.82, 2.24) is 0 Å². The maximum absolute atomic E-state index is 10.3. The first-order valence-corrected chi connectivity index (χ1v) is 6.58. The Hall–Kier alpha value is -1.54. The van der Waals surface area contributed by atoms with E-state index in [2.05, 4.69) is 27.3 Å². The molecule has 1 rings (SSSR count). The molecule has 96 valence electrons. The third-order valence-electron chi connectivity index (χ3n) is 2.51. The number of hydrogen-bond acceptors (Lipinski definition) is 3. The van der Waals surface area contributed by atoms with Crippen LogP contribution in [0.25, 0.3) is 0 Å². The third-order valence-corrected chi connectivity index (χ3v) is 3.17. The van der Waals surface area contributed by atoms with Gasteiger partial charge in [-0.25, -0.2) is 0 Å². The third kappa shape index (κ3) is 4.76. The number of anilines is 1. The molecule has 0 saturated carbocycles. The van der Waals surface area contributed by atoms with Crippen LogP contribution < -0.4 is 5.32 Å². The first-order valence-electron chi connectivity index (χ1n) is 5.79. The molecule has 0 aromatic heterocycles. The van der Waals surface area contributed by atoms with Gasteiger partial charge in [-0.3, -0.25) is 4.79 Å². The lowest BCUT2D eigenvalue weighted by Crippen LogP contribution is -2.04. The van der Waals surface area contributed by atoms with Gasteiger partial charge in [-0.1, -0.05) is 12.5 Å². The Morgan fingerprint density at radius 1 is 1.39 bits per heavy atom. The molecule has 1 aromatic carbocycles. The first-order chi connectivity index (χ1) is 8.65. The smallest absolute Gasteiger partial charge is 0.303 e. The summed E-state index contributed by atoms with van der Waals surface area (Å²) in [5.74, 6) is -0.748. The minimum Gasteiger partial charge on any atom is -0.481 e. The van der Waals surface area contributed by atoms with Gasteiger partial charge in [-0.15, -0.1) is 0 Å². The van der Waals surface area contributed by atoms with Crippen LogP contribution in [0, 0.1) is 11.3 Å². The van der Waals surface area contributed by atoms with Gasteiger partial charge in [0.15, 0.2) is 0 Å². The quantitative estimate of drug-likeness (QED) is 0.757.